The molecule has 2 N–H and O–H groups in total. The fraction of sp³-hybridized carbons (Fsp3) is 0.647. The molecule has 1 aliphatic rings. The van der Waals surface area contributed by atoms with Crippen LogP contribution in [-0.2, 0) is 0 Å². The van der Waals surface area contributed by atoms with E-state index in [-0.39, 0.29) is 6.04 Å². The maximum Gasteiger partial charge on any atom is 0.119 e. The molecule has 112 valence electrons. The monoisotopic (exact) mass is 276 g/mol. The Hall–Kier alpha value is -1.06. The van der Waals surface area contributed by atoms with Gasteiger partial charge in [-0.25, -0.2) is 0 Å². The molecule has 0 bridgehead atoms. The lowest BCUT2D eigenvalue weighted by Gasteiger charge is -2.33. The number of likely N-dealkylation sites (tertiary alicyclic amines) is 1. The van der Waals surface area contributed by atoms with Gasteiger partial charge >= 0.3 is 0 Å². The van der Waals surface area contributed by atoms with E-state index in [1.165, 1.54) is 24.9 Å². The molecule has 0 spiro atoms. The van der Waals surface area contributed by atoms with E-state index in [1.807, 2.05) is 6.07 Å². The average Bonchev–Trinajstić information content (AvgIpc) is 2.96. The van der Waals surface area contributed by atoms with Gasteiger partial charge in [-0.2, -0.15) is 0 Å². The smallest absolute Gasteiger partial charge is 0.119 e. The van der Waals surface area contributed by atoms with Crippen LogP contribution in [0, 0.1) is 5.92 Å². The van der Waals surface area contributed by atoms with Crippen molar-refractivity contribution < 1.29 is 4.74 Å². The normalized spacial score (nSPS) is 22.7. The van der Waals surface area contributed by atoms with E-state index < -0.39 is 0 Å². The van der Waals surface area contributed by atoms with Crippen LogP contribution in [0.4, 0.5) is 0 Å². The summed E-state index contributed by atoms with van der Waals surface area (Å²) < 4.78 is 5.36. The second-order valence-electron chi connectivity index (χ2n) is 5.85. The minimum atomic E-state index is 0.178. The first kappa shape index (κ1) is 15.3. The summed E-state index contributed by atoms with van der Waals surface area (Å²) in [5, 5.41) is 0. The number of hydrogen-bond acceptors (Lipinski definition) is 3. The topological polar surface area (TPSA) is 38.5 Å². The van der Waals surface area contributed by atoms with Crippen molar-refractivity contribution in [3.05, 3.63) is 29.8 Å². The Morgan fingerprint density at radius 3 is 2.80 bits per heavy atom. The highest BCUT2D eigenvalue weighted by Crippen LogP contribution is 2.33. The first-order chi connectivity index (χ1) is 9.69. The molecule has 0 amide bonds. The van der Waals surface area contributed by atoms with Gasteiger partial charge in [0.15, 0.2) is 0 Å². The van der Waals surface area contributed by atoms with Gasteiger partial charge in [0.1, 0.15) is 5.75 Å². The highest BCUT2D eigenvalue weighted by Gasteiger charge is 2.31. The molecule has 1 aromatic rings. The molecule has 3 atom stereocenters. The third-order valence-corrected chi connectivity index (χ3v) is 4.60. The van der Waals surface area contributed by atoms with E-state index in [4.69, 9.17) is 10.5 Å². The van der Waals surface area contributed by atoms with Crippen molar-refractivity contribution in [2.45, 2.75) is 45.2 Å². The Balaban J connectivity index is 2.23. The van der Waals surface area contributed by atoms with E-state index in [2.05, 4.69) is 36.9 Å². The lowest BCUT2D eigenvalue weighted by Crippen LogP contribution is -2.39. The van der Waals surface area contributed by atoms with Crippen molar-refractivity contribution in [1.82, 2.24) is 4.90 Å². The minimum Gasteiger partial charge on any atom is -0.497 e. The lowest BCUT2D eigenvalue weighted by atomic mass is 9.96. The van der Waals surface area contributed by atoms with Crippen LogP contribution in [0.2, 0.25) is 0 Å². The number of rotatable bonds is 6. The van der Waals surface area contributed by atoms with Crippen molar-refractivity contribution in [2.24, 2.45) is 11.7 Å². The van der Waals surface area contributed by atoms with Crippen molar-refractivity contribution >= 4 is 0 Å². The van der Waals surface area contributed by atoms with Gasteiger partial charge in [0.25, 0.3) is 0 Å². The molecule has 0 aliphatic carbocycles. The molecule has 2 rings (SSSR count). The van der Waals surface area contributed by atoms with Crippen LogP contribution >= 0.6 is 0 Å². The number of ether oxygens (including phenoxy) is 1. The maximum atomic E-state index is 6.43. The van der Waals surface area contributed by atoms with Crippen LogP contribution in [-0.4, -0.2) is 31.1 Å². The second-order valence-corrected chi connectivity index (χ2v) is 5.85. The van der Waals surface area contributed by atoms with Gasteiger partial charge in [0.05, 0.1) is 13.2 Å². The fourth-order valence-electron chi connectivity index (χ4n) is 3.23. The Kier molecular flexibility index (Phi) is 5.44. The largest absolute Gasteiger partial charge is 0.497 e. The van der Waals surface area contributed by atoms with Crippen LogP contribution < -0.4 is 10.5 Å². The fourth-order valence-corrected chi connectivity index (χ4v) is 3.23. The molecule has 0 saturated carbocycles. The summed E-state index contributed by atoms with van der Waals surface area (Å²) in [6.07, 6.45) is 3.56. The highest BCUT2D eigenvalue weighted by atomic mass is 16.5. The maximum absolute atomic E-state index is 6.43. The number of hydrogen-bond donors (Lipinski definition) is 1. The zero-order valence-electron chi connectivity index (χ0n) is 13.0. The Labute approximate surface area is 123 Å². The van der Waals surface area contributed by atoms with E-state index in [0.717, 1.165) is 24.6 Å². The van der Waals surface area contributed by atoms with Crippen LogP contribution in [0.25, 0.3) is 0 Å². The Morgan fingerprint density at radius 2 is 2.20 bits per heavy atom. The van der Waals surface area contributed by atoms with Crippen LogP contribution in [0.1, 0.15) is 44.7 Å². The van der Waals surface area contributed by atoms with Gasteiger partial charge in [0, 0.05) is 12.6 Å². The first-order valence-electron chi connectivity index (χ1n) is 7.83. The predicted molar refractivity (Wildman–Crippen MR) is 84.0 cm³/mol. The average molecular weight is 276 g/mol. The van der Waals surface area contributed by atoms with Gasteiger partial charge in [-0.3, -0.25) is 4.90 Å². The van der Waals surface area contributed by atoms with Crippen LogP contribution in [0.15, 0.2) is 24.3 Å². The summed E-state index contributed by atoms with van der Waals surface area (Å²) in [6, 6.07) is 8.87. The Bertz CT molecular complexity index is 421. The molecule has 20 heavy (non-hydrogen) atoms. The van der Waals surface area contributed by atoms with Crippen molar-refractivity contribution in [3.8, 4) is 5.75 Å². The third-order valence-electron chi connectivity index (χ3n) is 4.60. The van der Waals surface area contributed by atoms with Gasteiger partial charge < -0.3 is 10.5 Å². The van der Waals surface area contributed by atoms with E-state index in [1.54, 1.807) is 7.11 Å². The zero-order chi connectivity index (χ0) is 14.5. The molecule has 3 unspecified atom stereocenters. The molecule has 1 fully saturated rings. The molecule has 0 radical (unpaired) electrons. The van der Waals surface area contributed by atoms with Crippen molar-refractivity contribution in [2.75, 3.05) is 20.2 Å². The predicted octanol–water partition coefficient (Wildman–Crippen LogP) is 3.21. The summed E-state index contributed by atoms with van der Waals surface area (Å²) in [4.78, 5) is 2.57. The standard InChI is InChI=1S/C17H28N2O/c1-4-13-9-10-19(12-13)17(16(18)5-2)14-7-6-8-15(11-14)20-3/h6-8,11,13,16-17H,4-5,9-10,12,18H2,1-3H3. The third kappa shape index (κ3) is 3.33. The van der Waals surface area contributed by atoms with E-state index in [0.29, 0.717) is 6.04 Å². The molecule has 1 saturated heterocycles. The summed E-state index contributed by atoms with van der Waals surface area (Å²) in [7, 11) is 1.72. The van der Waals surface area contributed by atoms with Crippen LogP contribution in [0.3, 0.4) is 0 Å². The highest BCUT2D eigenvalue weighted by molar-refractivity contribution is 5.31. The molecule has 3 heteroatoms. The summed E-state index contributed by atoms with van der Waals surface area (Å²) >= 11 is 0. The number of nitrogens with zero attached hydrogens (tertiary/aromatic N) is 1. The molecule has 1 heterocycles. The molecule has 1 aliphatic heterocycles. The quantitative estimate of drug-likeness (QED) is 0.867. The summed E-state index contributed by atoms with van der Waals surface area (Å²) in [6.45, 7) is 6.79. The summed E-state index contributed by atoms with van der Waals surface area (Å²) in [5.41, 5.74) is 7.71. The first-order valence-corrected chi connectivity index (χ1v) is 7.83. The summed E-state index contributed by atoms with van der Waals surface area (Å²) in [5.74, 6) is 1.74. The lowest BCUT2D eigenvalue weighted by molar-refractivity contribution is 0.201. The minimum absolute atomic E-state index is 0.178. The Morgan fingerprint density at radius 1 is 1.40 bits per heavy atom. The van der Waals surface area contributed by atoms with Gasteiger partial charge in [-0.15, -0.1) is 0 Å². The molecular weight excluding hydrogens is 248 g/mol. The second kappa shape index (κ2) is 7.09. The zero-order valence-corrected chi connectivity index (χ0v) is 13.0. The van der Waals surface area contributed by atoms with Crippen molar-refractivity contribution in [1.29, 1.82) is 0 Å². The van der Waals surface area contributed by atoms with E-state index in [9.17, 15) is 0 Å². The number of methoxy groups -OCH3 is 1. The van der Waals surface area contributed by atoms with E-state index >= 15 is 0 Å². The van der Waals surface area contributed by atoms with Gasteiger partial charge in [0.2, 0.25) is 0 Å². The molecule has 3 nitrogen and oxygen atoms in total. The van der Waals surface area contributed by atoms with Crippen LogP contribution in [0.5, 0.6) is 5.75 Å². The molecule has 0 aromatic heterocycles. The van der Waals surface area contributed by atoms with Crippen molar-refractivity contribution in [3.63, 3.8) is 0 Å². The number of nitrogens with two attached hydrogens (primary N) is 1. The van der Waals surface area contributed by atoms with Gasteiger partial charge in [-0.1, -0.05) is 32.4 Å². The number of benzene rings is 1. The van der Waals surface area contributed by atoms with Gasteiger partial charge in [-0.05, 0) is 43.0 Å². The molecular formula is C17H28N2O. The molecule has 1 aromatic carbocycles. The SMILES string of the molecule is CCC1CCN(C(c2cccc(OC)c2)C(N)CC)C1.